The molecule has 1 aromatic rings. The second-order valence-corrected chi connectivity index (χ2v) is 6.36. The van der Waals surface area contributed by atoms with Crippen molar-refractivity contribution in [2.75, 3.05) is 6.54 Å². The fraction of sp³-hybridized carbons (Fsp3) is 0.588. The number of nitrogens with zero attached hydrogens (tertiary/aromatic N) is 1. The summed E-state index contributed by atoms with van der Waals surface area (Å²) >= 11 is 0. The molecule has 2 aliphatic rings. The van der Waals surface area contributed by atoms with E-state index in [4.69, 9.17) is 0 Å². The number of amides is 1. The van der Waals surface area contributed by atoms with E-state index < -0.39 is 0 Å². The Morgan fingerprint density at radius 2 is 2.00 bits per heavy atom. The molecular weight excluding hydrogens is 248 g/mol. The minimum absolute atomic E-state index is 0.136. The Hall–Kier alpha value is -1.35. The van der Waals surface area contributed by atoms with Crippen molar-refractivity contribution >= 4 is 5.91 Å². The van der Waals surface area contributed by atoms with Crippen molar-refractivity contribution in [1.82, 2.24) is 10.2 Å². The molecule has 2 atom stereocenters. The molecule has 1 heterocycles. The molecule has 1 aliphatic heterocycles. The lowest BCUT2D eigenvalue weighted by Gasteiger charge is -2.44. The van der Waals surface area contributed by atoms with Gasteiger partial charge < -0.3 is 4.90 Å². The van der Waals surface area contributed by atoms with Crippen molar-refractivity contribution in [3.8, 4) is 0 Å². The van der Waals surface area contributed by atoms with Gasteiger partial charge in [-0.15, -0.1) is 0 Å². The lowest BCUT2D eigenvalue weighted by Crippen LogP contribution is -2.46. The van der Waals surface area contributed by atoms with E-state index in [1.807, 2.05) is 30.3 Å². The van der Waals surface area contributed by atoms with Gasteiger partial charge >= 0.3 is 0 Å². The monoisotopic (exact) mass is 272 g/mol. The molecule has 1 saturated heterocycles. The largest absolute Gasteiger partial charge is 0.325 e. The molecule has 0 radical (unpaired) electrons. The van der Waals surface area contributed by atoms with E-state index in [0.29, 0.717) is 5.41 Å². The highest BCUT2D eigenvalue weighted by molar-refractivity contribution is 5.85. The molecule has 108 valence electrons. The fourth-order valence-electron chi connectivity index (χ4n) is 3.52. The summed E-state index contributed by atoms with van der Waals surface area (Å²) in [6.45, 7) is 5.27. The molecule has 1 N–H and O–H groups in total. The van der Waals surface area contributed by atoms with Gasteiger partial charge in [-0.1, -0.05) is 43.7 Å². The molecule has 3 heteroatoms. The predicted octanol–water partition coefficient (Wildman–Crippen LogP) is 3.09. The van der Waals surface area contributed by atoms with Crippen molar-refractivity contribution in [1.29, 1.82) is 0 Å². The molecule has 3 rings (SSSR count). The lowest BCUT2D eigenvalue weighted by atomic mass is 9.66. The van der Waals surface area contributed by atoms with Gasteiger partial charge in [0.1, 0.15) is 6.04 Å². The van der Waals surface area contributed by atoms with E-state index in [1.165, 1.54) is 25.7 Å². The van der Waals surface area contributed by atoms with Gasteiger partial charge in [0, 0.05) is 6.54 Å². The van der Waals surface area contributed by atoms with Crippen molar-refractivity contribution in [3.63, 3.8) is 0 Å². The zero-order valence-corrected chi connectivity index (χ0v) is 12.4. The van der Waals surface area contributed by atoms with Crippen molar-refractivity contribution in [3.05, 3.63) is 35.9 Å². The summed E-state index contributed by atoms with van der Waals surface area (Å²) in [6.07, 6.45) is 5.18. The van der Waals surface area contributed by atoms with E-state index in [0.717, 1.165) is 12.1 Å². The first-order chi connectivity index (χ1) is 9.65. The van der Waals surface area contributed by atoms with Crippen molar-refractivity contribution in [2.45, 2.75) is 51.7 Å². The standard InChI is InChI=1S/C17H24N2O/c1-3-17(10-7-11-17)12-19-13(2)18-15(16(19)20)14-8-5-4-6-9-14/h4-6,8-9,13,15,18H,3,7,10-12H2,1-2H3. The maximum atomic E-state index is 12.7. The molecule has 1 amide bonds. The van der Waals surface area contributed by atoms with E-state index in [1.54, 1.807) is 0 Å². The van der Waals surface area contributed by atoms with E-state index >= 15 is 0 Å². The highest BCUT2D eigenvalue weighted by Crippen LogP contribution is 2.45. The molecule has 3 nitrogen and oxygen atoms in total. The number of carbonyl (C=O) groups is 1. The topological polar surface area (TPSA) is 32.3 Å². The van der Waals surface area contributed by atoms with Crippen molar-refractivity contribution in [2.24, 2.45) is 5.41 Å². The zero-order valence-electron chi connectivity index (χ0n) is 12.4. The third kappa shape index (κ3) is 2.24. The van der Waals surface area contributed by atoms with Crippen LogP contribution >= 0.6 is 0 Å². The fourth-order valence-corrected chi connectivity index (χ4v) is 3.52. The van der Waals surface area contributed by atoms with Crippen LogP contribution in [0.4, 0.5) is 0 Å². The van der Waals surface area contributed by atoms with Gasteiger partial charge in [-0.3, -0.25) is 10.1 Å². The predicted molar refractivity (Wildman–Crippen MR) is 80.1 cm³/mol. The van der Waals surface area contributed by atoms with Gasteiger partial charge in [-0.2, -0.15) is 0 Å². The SMILES string of the molecule is CCC1(CN2C(=O)C(c3ccccc3)NC2C)CCC1. The first kappa shape index (κ1) is 13.6. The van der Waals surface area contributed by atoms with Crippen LogP contribution in [0, 0.1) is 5.41 Å². The Morgan fingerprint density at radius 3 is 2.55 bits per heavy atom. The molecular formula is C17H24N2O. The van der Waals surface area contributed by atoms with Gasteiger partial charge in [0.15, 0.2) is 0 Å². The first-order valence-corrected chi connectivity index (χ1v) is 7.77. The van der Waals surface area contributed by atoms with Crippen LogP contribution < -0.4 is 5.32 Å². The summed E-state index contributed by atoms with van der Waals surface area (Å²) in [5, 5.41) is 3.44. The third-order valence-electron chi connectivity index (χ3n) is 5.21. The van der Waals surface area contributed by atoms with Gasteiger partial charge in [0.2, 0.25) is 5.91 Å². The van der Waals surface area contributed by atoms with Crippen LogP contribution in [0.25, 0.3) is 0 Å². The molecule has 2 fully saturated rings. The molecule has 0 aromatic heterocycles. The highest BCUT2D eigenvalue weighted by atomic mass is 16.2. The van der Waals surface area contributed by atoms with Gasteiger partial charge in [0.25, 0.3) is 0 Å². The first-order valence-electron chi connectivity index (χ1n) is 7.77. The molecule has 1 aliphatic carbocycles. The molecule has 2 unspecified atom stereocenters. The third-order valence-corrected chi connectivity index (χ3v) is 5.21. The van der Waals surface area contributed by atoms with Crippen LogP contribution in [0.15, 0.2) is 30.3 Å². The zero-order chi connectivity index (χ0) is 14.2. The summed E-state index contributed by atoms with van der Waals surface area (Å²) in [7, 11) is 0. The van der Waals surface area contributed by atoms with Crippen LogP contribution in [0.2, 0.25) is 0 Å². The van der Waals surface area contributed by atoms with Crippen LogP contribution in [0.5, 0.6) is 0 Å². The quantitative estimate of drug-likeness (QED) is 0.913. The summed E-state index contributed by atoms with van der Waals surface area (Å²) in [5.74, 6) is 0.239. The van der Waals surface area contributed by atoms with Crippen LogP contribution in [0.1, 0.15) is 51.1 Å². The molecule has 0 bridgehead atoms. The Bertz CT molecular complexity index is 476. The Kier molecular flexibility index (Phi) is 3.55. The molecule has 1 saturated carbocycles. The number of nitrogens with one attached hydrogen (secondary N) is 1. The number of benzene rings is 1. The summed E-state index contributed by atoms with van der Waals surface area (Å²) in [4.78, 5) is 14.8. The van der Waals surface area contributed by atoms with Gasteiger partial charge in [-0.25, -0.2) is 0 Å². The smallest absolute Gasteiger partial charge is 0.245 e. The second-order valence-electron chi connectivity index (χ2n) is 6.36. The highest BCUT2D eigenvalue weighted by Gasteiger charge is 2.44. The van der Waals surface area contributed by atoms with E-state index in [9.17, 15) is 4.79 Å². The second kappa shape index (κ2) is 5.21. The molecule has 1 aromatic carbocycles. The summed E-state index contributed by atoms with van der Waals surface area (Å²) in [5.41, 5.74) is 1.46. The number of carbonyl (C=O) groups excluding carboxylic acids is 1. The lowest BCUT2D eigenvalue weighted by molar-refractivity contribution is -0.132. The molecule has 20 heavy (non-hydrogen) atoms. The van der Waals surface area contributed by atoms with Crippen LogP contribution in [-0.4, -0.2) is 23.5 Å². The maximum Gasteiger partial charge on any atom is 0.245 e. The Morgan fingerprint density at radius 1 is 1.30 bits per heavy atom. The number of hydrogen-bond donors (Lipinski definition) is 1. The molecule has 0 spiro atoms. The minimum atomic E-state index is -0.166. The summed E-state index contributed by atoms with van der Waals surface area (Å²) in [6, 6.07) is 9.88. The van der Waals surface area contributed by atoms with E-state index in [2.05, 4.69) is 24.1 Å². The average molecular weight is 272 g/mol. The number of rotatable bonds is 4. The van der Waals surface area contributed by atoms with Gasteiger partial charge in [0.05, 0.1) is 6.17 Å². The van der Waals surface area contributed by atoms with Gasteiger partial charge in [-0.05, 0) is 37.2 Å². The summed E-state index contributed by atoms with van der Waals surface area (Å²) < 4.78 is 0. The Labute approximate surface area is 121 Å². The van der Waals surface area contributed by atoms with Crippen LogP contribution in [-0.2, 0) is 4.79 Å². The normalized spacial score (nSPS) is 28.5. The maximum absolute atomic E-state index is 12.7. The van der Waals surface area contributed by atoms with E-state index in [-0.39, 0.29) is 18.1 Å². The number of hydrogen-bond acceptors (Lipinski definition) is 2. The average Bonchev–Trinajstić information content (AvgIpc) is 2.71. The van der Waals surface area contributed by atoms with Crippen LogP contribution in [0.3, 0.4) is 0 Å². The Balaban J connectivity index is 1.75. The minimum Gasteiger partial charge on any atom is -0.325 e. The van der Waals surface area contributed by atoms with Crippen molar-refractivity contribution < 1.29 is 4.79 Å².